The molecule has 0 atom stereocenters. The van der Waals surface area contributed by atoms with E-state index in [0.717, 1.165) is 31.9 Å². The SMILES string of the molecule is COc1ccc(CNc2ncc(-c3ccc(Br)cc3Br)n2C)cc1. The van der Waals surface area contributed by atoms with Crippen molar-refractivity contribution in [1.82, 2.24) is 9.55 Å². The summed E-state index contributed by atoms with van der Waals surface area (Å²) in [6, 6.07) is 14.1. The number of nitrogens with one attached hydrogen (secondary N) is 1. The first-order valence-electron chi connectivity index (χ1n) is 7.42. The molecule has 124 valence electrons. The molecule has 0 saturated heterocycles. The van der Waals surface area contributed by atoms with Crippen molar-refractivity contribution in [2.75, 3.05) is 12.4 Å². The third kappa shape index (κ3) is 3.65. The molecule has 0 spiro atoms. The number of methoxy groups -OCH3 is 1. The van der Waals surface area contributed by atoms with Crippen LogP contribution in [0.3, 0.4) is 0 Å². The summed E-state index contributed by atoms with van der Waals surface area (Å²) in [5, 5.41) is 3.37. The van der Waals surface area contributed by atoms with Crippen LogP contribution in [0.25, 0.3) is 11.3 Å². The summed E-state index contributed by atoms with van der Waals surface area (Å²) in [5.74, 6) is 1.69. The Balaban J connectivity index is 1.77. The first-order chi connectivity index (χ1) is 11.6. The van der Waals surface area contributed by atoms with Gasteiger partial charge in [0, 0.05) is 28.1 Å². The highest BCUT2D eigenvalue weighted by Gasteiger charge is 2.11. The van der Waals surface area contributed by atoms with E-state index in [1.54, 1.807) is 7.11 Å². The molecule has 0 radical (unpaired) electrons. The fraction of sp³-hybridized carbons (Fsp3) is 0.167. The molecule has 0 unspecified atom stereocenters. The van der Waals surface area contributed by atoms with Gasteiger partial charge < -0.3 is 14.6 Å². The Morgan fingerprint density at radius 3 is 2.54 bits per heavy atom. The number of imidazole rings is 1. The summed E-state index contributed by atoms with van der Waals surface area (Å²) in [5.41, 5.74) is 3.32. The Morgan fingerprint density at radius 2 is 1.88 bits per heavy atom. The van der Waals surface area contributed by atoms with Gasteiger partial charge in [-0.1, -0.05) is 50.1 Å². The van der Waals surface area contributed by atoms with E-state index in [1.165, 1.54) is 5.56 Å². The van der Waals surface area contributed by atoms with Gasteiger partial charge >= 0.3 is 0 Å². The Bertz CT molecular complexity index is 844. The van der Waals surface area contributed by atoms with Crippen LogP contribution in [0.2, 0.25) is 0 Å². The molecule has 3 rings (SSSR count). The second-order valence-electron chi connectivity index (χ2n) is 5.35. The molecule has 0 fully saturated rings. The molecule has 24 heavy (non-hydrogen) atoms. The Morgan fingerprint density at radius 1 is 1.12 bits per heavy atom. The van der Waals surface area contributed by atoms with E-state index in [2.05, 4.69) is 52.8 Å². The molecule has 0 saturated carbocycles. The number of hydrogen-bond acceptors (Lipinski definition) is 3. The molecule has 6 heteroatoms. The molecule has 1 heterocycles. The minimum absolute atomic E-state index is 0.704. The topological polar surface area (TPSA) is 39.1 Å². The van der Waals surface area contributed by atoms with Crippen molar-refractivity contribution in [2.45, 2.75) is 6.54 Å². The fourth-order valence-electron chi connectivity index (χ4n) is 2.45. The largest absolute Gasteiger partial charge is 0.497 e. The summed E-state index contributed by atoms with van der Waals surface area (Å²) >= 11 is 7.09. The number of hydrogen-bond donors (Lipinski definition) is 1. The zero-order valence-electron chi connectivity index (χ0n) is 13.4. The highest BCUT2D eigenvalue weighted by molar-refractivity contribution is 9.11. The third-order valence-electron chi connectivity index (χ3n) is 3.80. The first-order valence-corrected chi connectivity index (χ1v) is 9.01. The van der Waals surface area contributed by atoms with Gasteiger partial charge in [0.1, 0.15) is 5.75 Å². The molecule has 4 nitrogen and oxygen atoms in total. The van der Waals surface area contributed by atoms with Gasteiger partial charge in [-0.25, -0.2) is 4.98 Å². The van der Waals surface area contributed by atoms with E-state index in [0.29, 0.717) is 6.54 Å². The summed E-state index contributed by atoms with van der Waals surface area (Å²) < 4.78 is 9.30. The van der Waals surface area contributed by atoms with E-state index in [4.69, 9.17) is 4.74 Å². The maximum atomic E-state index is 5.18. The zero-order valence-corrected chi connectivity index (χ0v) is 16.6. The van der Waals surface area contributed by atoms with E-state index in [9.17, 15) is 0 Å². The molecule has 1 aromatic heterocycles. The first kappa shape index (κ1) is 17.0. The maximum absolute atomic E-state index is 5.18. The standard InChI is InChI=1S/C18H17Br2N3O/c1-23-17(15-8-5-13(19)9-16(15)20)11-22-18(23)21-10-12-3-6-14(24-2)7-4-12/h3-9,11H,10H2,1-2H3,(H,21,22). The number of ether oxygens (including phenoxy) is 1. The average molecular weight is 451 g/mol. The summed E-state index contributed by atoms with van der Waals surface area (Å²) in [7, 11) is 3.68. The molecular formula is C18H17Br2N3O. The predicted octanol–water partition coefficient (Wildman–Crippen LogP) is 5.23. The van der Waals surface area contributed by atoms with Crippen LogP contribution in [0, 0.1) is 0 Å². The molecule has 1 N–H and O–H groups in total. The molecule has 0 aliphatic carbocycles. The second kappa shape index (κ2) is 7.40. The zero-order chi connectivity index (χ0) is 17.1. The van der Waals surface area contributed by atoms with Crippen LogP contribution in [-0.2, 0) is 13.6 Å². The van der Waals surface area contributed by atoms with Crippen LogP contribution in [0.15, 0.2) is 57.6 Å². The minimum atomic E-state index is 0.704. The summed E-state index contributed by atoms with van der Waals surface area (Å²) in [6.07, 6.45) is 1.88. The van der Waals surface area contributed by atoms with Gasteiger partial charge in [0.15, 0.2) is 0 Å². The van der Waals surface area contributed by atoms with Crippen LogP contribution < -0.4 is 10.1 Å². The van der Waals surface area contributed by atoms with Gasteiger partial charge in [-0.05, 0) is 29.8 Å². The van der Waals surface area contributed by atoms with E-state index in [1.807, 2.05) is 49.6 Å². The number of anilines is 1. The minimum Gasteiger partial charge on any atom is -0.497 e. The van der Waals surface area contributed by atoms with E-state index in [-0.39, 0.29) is 0 Å². The molecule has 0 amide bonds. The molecular weight excluding hydrogens is 434 g/mol. The lowest BCUT2D eigenvalue weighted by atomic mass is 10.2. The molecule has 0 aliphatic rings. The van der Waals surface area contributed by atoms with Gasteiger partial charge in [0.05, 0.1) is 19.0 Å². The van der Waals surface area contributed by atoms with Gasteiger partial charge in [0.25, 0.3) is 0 Å². The monoisotopic (exact) mass is 449 g/mol. The summed E-state index contributed by atoms with van der Waals surface area (Å²) in [6.45, 7) is 0.704. The quantitative estimate of drug-likeness (QED) is 0.578. The van der Waals surface area contributed by atoms with Crippen molar-refractivity contribution >= 4 is 37.8 Å². The van der Waals surface area contributed by atoms with E-state index >= 15 is 0 Å². The summed E-state index contributed by atoms with van der Waals surface area (Å²) in [4.78, 5) is 4.50. The highest BCUT2D eigenvalue weighted by atomic mass is 79.9. The van der Waals surface area contributed by atoms with Gasteiger partial charge in [-0.2, -0.15) is 0 Å². The lowest BCUT2D eigenvalue weighted by molar-refractivity contribution is 0.414. The normalized spacial score (nSPS) is 10.7. The fourth-order valence-corrected chi connectivity index (χ4v) is 3.70. The Hall–Kier alpha value is -1.79. The average Bonchev–Trinajstić information content (AvgIpc) is 2.94. The molecule has 2 aromatic carbocycles. The molecule has 0 aliphatic heterocycles. The second-order valence-corrected chi connectivity index (χ2v) is 7.12. The van der Waals surface area contributed by atoms with Crippen molar-refractivity contribution in [1.29, 1.82) is 0 Å². The van der Waals surface area contributed by atoms with Gasteiger partial charge in [-0.15, -0.1) is 0 Å². The van der Waals surface area contributed by atoms with Crippen LogP contribution in [0.1, 0.15) is 5.56 Å². The number of halogens is 2. The number of benzene rings is 2. The van der Waals surface area contributed by atoms with Crippen LogP contribution in [-0.4, -0.2) is 16.7 Å². The molecule has 3 aromatic rings. The Kier molecular flexibility index (Phi) is 5.26. The van der Waals surface area contributed by atoms with E-state index < -0.39 is 0 Å². The lowest BCUT2D eigenvalue weighted by Crippen LogP contribution is -2.05. The smallest absolute Gasteiger partial charge is 0.203 e. The Labute approximate surface area is 158 Å². The van der Waals surface area contributed by atoms with Crippen molar-refractivity contribution in [3.8, 4) is 17.0 Å². The predicted molar refractivity (Wildman–Crippen MR) is 104 cm³/mol. The van der Waals surface area contributed by atoms with Gasteiger partial charge in [-0.3, -0.25) is 0 Å². The van der Waals surface area contributed by atoms with Crippen LogP contribution in [0.5, 0.6) is 5.75 Å². The maximum Gasteiger partial charge on any atom is 0.203 e. The van der Waals surface area contributed by atoms with Crippen molar-refractivity contribution in [3.63, 3.8) is 0 Å². The van der Waals surface area contributed by atoms with Gasteiger partial charge in [0.2, 0.25) is 5.95 Å². The number of rotatable bonds is 5. The number of nitrogens with zero attached hydrogens (tertiary/aromatic N) is 2. The lowest BCUT2D eigenvalue weighted by Gasteiger charge is -2.10. The molecule has 0 bridgehead atoms. The van der Waals surface area contributed by atoms with Crippen molar-refractivity contribution in [3.05, 3.63) is 63.2 Å². The van der Waals surface area contributed by atoms with Crippen LogP contribution in [0.4, 0.5) is 5.95 Å². The van der Waals surface area contributed by atoms with Crippen molar-refractivity contribution < 1.29 is 4.74 Å². The third-order valence-corrected chi connectivity index (χ3v) is 4.95. The van der Waals surface area contributed by atoms with Crippen molar-refractivity contribution in [2.24, 2.45) is 7.05 Å². The van der Waals surface area contributed by atoms with Crippen LogP contribution >= 0.6 is 31.9 Å². The highest BCUT2D eigenvalue weighted by Crippen LogP contribution is 2.31. The number of aromatic nitrogens is 2.